The van der Waals surface area contributed by atoms with E-state index in [0.29, 0.717) is 6.42 Å². The van der Waals surface area contributed by atoms with Gasteiger partial charge in [-0.25, -0.2) is 0 Å². The minimum Gasteiger partial charge on any atom is -0.385 e. The van der Waals surface area contributed by atoms with Crippen molar-refractivity contribution in [3.05, 3.63) is 29.8 Å². The Balaban J connectivity index is 2.45. The van der Waals surface area contributed by atoms with Gasteiger partial charge in [-0.3, -0.25) is 0 Å². The topological polar surface area (TPSA) is 35.8 Å². The average molecular weight is 244 g/mol. The lowest BCUT2D eigenvalue weighted by atomic mass is 9.88. The van der Waals surface area contributed by atoms with E-state index < -0.39 is 0 Å². The van der Waals surface area contributed by atoms with Crippen molar-refractivity contribution in [2.24, 2.45) is 5.41 Å². The largest absolute Gasteiger partial charge is 0.385 e. The van der Waals surface area contributed by atoms with E-state index in [9.17, 15) is 0 Å². The van der Waals surface area contributed by atoms with Crippen molar-refractivity contribution in [2.45, 2.75) is 46.5 Å². The standard InChI is InChI=1S/C16H24N2/c1-4-6-14-7-9-15(10-8-14)18-13-16(2,3)11-5-12-17/h7-10,18H,4-6,11,13H2,1-3H3. The zero-order chi connectivity index (χ0) is 13.4. The van der Waals surface area contributed by atoms with Gasteiger partial charge in [-0.05, 0) is 36.0 Å². The van der Waals surface area contributed by atoms with Crippen LogP contribution in [0.5, 0.6) is 0 Å². The van der Waals surface area contributed by atoms with Gasteiger partial charge in [-0.15, -0.1) is 0 Å². The smallest absolute Gasteiger partial charge is 0.0621 e. The van der Waals surface area contributed by atoms with Gasteiger partial charge in [0.15, 0.2) is 0 Å². The highest BCUT2D eigenvalue weighted by Crippen LogP contribution is 2.23. The van der Waals surface area contributed by atoms with Crippen LogP contribution >= 0.6 is 0 Å². The minimum atomic E-state index is 0.165. The van der Waals surface area contributed by atoms with Crippen LogP contribution in [0.4, 0.5) is 5.69 Å². The summed E-state index contributed by atoms with van der Waals surface area (Å²) in [6.07, 6.45) is 3.90. The van der Waals surface area contributed by atoms with Gasteiger partial charge in [-0.1, -0.05) is 39.3 Å². The summed E-state index contributed by atoms with van der Waals surface area (Å²) < 4.78 is 0. The molecule has 0 radical (unpaired) electrons. The SMILES string of the molecule is CCCc1ccc(NCC(C)(C)CCC#N)cc1. The maximum Gasteiger partial charge on any atom is 0.0621 e. The quantitative estimate of drug-likeness (QED) is 0.772. The van der Waals surface area contributed by atoms with Gasteiger partial charge in [0.1, 0.15) is 0 Å². The number of aryl methyl sites for hydroxylation is 1. The Morgan fingerprint density at radius 3 is 2.44 bits per heavy atom. The van der Waals surface area contributed by atoms with E-state index in [2.05, 4.69) is 56.4 Å². The Hall–Kier alpha value is -1.49. The van der Waals surface area contributed by atoms with Crippen LogP contribution in [0.2, 0.25) is 0 Å². The number of hydrogen-bond acceptors (Lipinski definition) is 2. The van der Waals surface area contributed by atoms with Gasteiger partial charge < -0.3 is 5.32 Å². The van der Waals surface area contributed by atoms with Crippen LogP contribution in [0.3, 0.4) is 0 Å². The Morgan fingerprint density at radius 1 is 1.22 bits per heavy atom. The first kappa shape index (κ1) is 14.6. The van der Waals surface area contributed by atoms with Crippen molar-refractivity contribution in [3.8, 4) is 6.07 Å². The maximum atomic E-state index is 8.63. The molecule has 0 saturated carbocycles. The number of nitrogens with zero attached hydrogens (tertiary/aromatic N) is 1. The van der Waals surface area contributed by atoms with Crippen molar-refractivity contribution < 1.29 is 0 Å². The summed E-state index contributed by atoms with van der Waals surface area (Å²) >= 11 is 0. The molecule has 0 amide bonds. The predicted octanol–water partition coefficient (Wildman–Crippen LogP) is 4.38. The summed E-state index contributed by atoms with van der Waals surface area (Å²) in [5, 5.41) is 12.1. The Labute approximate surface area is 111 Å². The lowest BCUT2D eigenvalue weighted by Gasteiger charge is -2.24. The van der Waals surface area contributed by atoms with E-state index in [4.69, 9.17) is 5.26 Å². The van der Waals surface area contributed by atoms with E-state index in [-0.39, 0.29) is 5.41 Å². The predicted molar refractivity (Wildman–Crippen MR) is 77.6 cm³/mol. The molecule has 0 aliphatic heterocycles. The highest BCUT2D eigenvalue weighted by molar-refractivity contribution is 5.44. The van der Waals surface area contributed by atoms with Crippen LogP contribution < -0.4 is 5.32 Å². The molecule has 18 heavy (non-hydrogen) atoms. The number of rotatable bonds is 7. The van der Waals surface area contributed by atoms with Crippen LogP contribution in [0.15, 0.2) is 24.3 Å². The van der Waals surface area contributed by atoms with Crippen LogP contribution in [-0.2, 0) is 6.42 Å². The van der Waals surface area contributed by atoms with Crippen molar-refractivity contribution in [2.75, 3.05) is 11.9 Å². The molecule has 1 aromatic carbocycles. The number of nitriles is 1. The third-order valence-electron chi connectivity index (χ3n) is 3.18. The third-order valence-corrected chi connectivity index (χ3v) is 3.18. The molecule has 2 nitrogen and oxygen atoms in total. The molecule has 2 heteroatoms. The molecule has 1 aromatic rings. The molecule has 0 spiro atoms. The fraction of sp³-hybridized carbons (Fsp3) is 0.562. The first-order valence-electron chi connectivity index (χ1n) is 6.77. The first-order chi connectivity index (χ1) is 8.57. The van der Waals surface area contributed by atoms with E-state index >= 15 is 0 Å². The summed E-state index contributed by atoms with van der Waals surface area (Å²) in [5.41, 5.74) is 2.73. The molecule has 0 heterocycles. The fourth-order valence-corrected chi connectivity index (χ4v) is 1.90. The minimum absolute atomic E-state index is 0.165. The molecule has 98 valence electrons. The molecule has 0 aliphatic carbocycles. The van der Waals surface area contributed by atoms with Crippen LogP contribution in [0, 0.1) is 16.7 Å². The number of hydrogen-bond donors (Lipinski definition) is 1. The highest BCUT2D eigenvalue weighted by Gasteiger charge is 2.16. The van der Waals surface area contributed by atoms with Crippen molar-refractivity contribution in [1.29, 1.82) is 5.26 Å². The molecule has 1 rings (SSSR count). The van der Waals surface area contributed by atoms with Crippen LogP contribution in [0.1, 0.15) is 45.6 Å². The van der Waals surface area contributed by atoms with Gasteiger partial charge in [0.2, 0.25) is 0 Å². The number of nitrogens with one attached hydrogen (secondary N) is 1. The van der Waals surface area contributed by atoms with Gasteiger partial charge in [0.05, 0.1) is 6.07 Å². The summed E-state index contributed by atoms with van der Waals surface area (Å²) in [4.78, 5) is 0. The van der Waals surface area contributed by atoms with E-state index in [1.807, 2.05) is 0 Å². The number of benzene rings is 1. The lowest BCUT2D eigenvalue weighted by Crippen LogP contribution is -2.22. The third kappa shape index (κ3) is 5.23. The average Bonchev–Trinajstić information content (AvgIpc) is 2.36. The lowest BCUT2D eigenvalue weighted by molar-refractivity contribution is 0.364. The van der Waals surface area contributed by atoms with E-state index in [1.54, 1.807) is 0 Å². The van der Waals surface area contributed by atoms with Crippen molar-refractivity contribution in [3.63, 3.8) is 0 Å². The molecule has 0 aromatic heterocycles. The Kier molecular flexibility index (Phi) is 5.71. The van der Waals surface area contributed by atoms with E-state index in [1.165, 1.54) is 17.7 Å². The van der Waals surface area contributed by atoms with Crippen molar-refractivity contribution >= 4 is 5.69 Å². The second-order valence-electron chi connectivity index (χ2n) is 5.62. The molecular weight excluding hydrogens is 220 g/mol. The molecule has 0 bridgehead atoms. The van der Waals surface area contributed by atoms with Gasteiger partial charge >= 0.3 is 0 Å². The molecule has 1 N–H and O–H groups in total. The maximum absolute atomic E-state index is 8.63. The Bertz CT molecular complexity index is 385. The molecule has 0 aliphatic rings. The van der Waals surface area contributed by atoms with Crippen LogP contribution in [-0.4, -0.2) is 6.54 Å². The summed E-state index contributed by atoms with van der Waals surface area (Å²) in [7, 11) is 0. The molecule has 0 unspecified atom stereocenters. The normalized spacial score (nSPS) is 11.0. The molecular formula is C16H24N2. The van der Waals surface area contributed by atoms with Gasteiger partial charge in [0.25, 0.3) is 0 Å². The van der Waals surface area contributed by atoms with Crippen molar-refractivity contribution in [1.82, 2.24) is 0 Å². The zero-order valence-electron chi connectivity index (χ0n) is 11.8. The van der Waals surface area contributed by atoms with Gasteiger partial charge in [-0.2, -0.15) is 5.26 Å². The van der Waals surface area contributed by atoms with Crippen LogP contribution in [0.25, 0.3) is 0 Å². The van der Waals surface area contributed by atoms with E-state index in [0.717, 1.165) is 19.4 Å². The molecule has 0 fully saturated rings. The second kappa shape index (κ2) is 7.06. The first-order valence-corrected chi connectivity index (χ1v) is 6.77. The molecule has 0 atom stereocenters. The number of anilines is 1. The summed E-state index contributed by atoms with van der Waals surface area (Å²) in [5.74, 6) is 0. The fourth-order valence-electron chi connectivity index (χ4n) is 1.90. The molecule has 0 saturated heterocycles. The monoisotopic (exact) mass is 244 g/mol. The second-order valence-corrected chi connectivity index (χ2v) is 5.62. The summed E-state index contributed by atoms with van der Waals surface area (Å²) in [6, 6.07) is 10.9. The van der Waals surface area contributed by atoms with Gasteiger partial charge in [0, 0.05) is 18.7 Å². The highest BCUT2D eigenvalue weighted by atomic mass is 14.9. The summed E-state index contributed by atoms with van der Waals surface area (Å²) in [6.45, 7) is 7.50. The Morgan fingerprint density at radius 2 is 1.89 bits per heavy atom. The zero-order valence-corrected chi connectivity index (χ0v) is 11.8.